The van der Waals surface area contributed by atoms with Crippen LogP contribution in [0.3, 0.4) is 0 Å². The van der Waals surface area contributed by atoms with Crippen molar-refractivity contribution < 1.29 is 23.5 Å². The lowest BCUT2D eigenvalue weighted by Gasteiger charge is -2.14. The Bertz CT molecular complexity index is 812. The van der Waals surface area contributed by atoms with Crippen molar-refractivity contribution in [2.75, 3.05) is 6.61 Å². The first-order valence-corrected chi connectivity index (χ1v) is 8.69. The van der Waals surface area contributed by atoms with Crippen LogP contribution in [0.15, 0.2) is 24.3 Å². The van der Waals surface area contributed by atoms with Crippen LogP contribution >= 0.6 is 0 Å². The first-order valence-electron chi connectivity index (χ1n) is 8.69. The van der Waals surface area contributed by atoms with Gasteiger partial charge in [-0.3, -0.25) is 0 Å². The lowest BCUT2D eigenvalue weighted by atomic mass is 9.95. The molecule has 1 aromatic heterocycles. The molecule has 1 aliphatic carbocycles. The van der Waals surface area contributed by atoms with E-state index in [4.69, 9.17) is 9.47 Å². The number of hydrogen-bond donors (Lipinski definition) is 0. The smallest absolute Gasteiger partial charge is 0.359 e. The Hall–Kier alpha value is -2.70. The van der Waals surface area contributed by atoms with Crippen molar-refractivity contribution in [1.29, 1.82) is 0 Å². The van der Waals surface area contributed by atoms with Gasteiger partial charge in [0.25, 0.3) is 0 Å². The summed E-state index contributed by atoms with van der Waals surface area (Å²) in [6.07, 6.45) is 3.18. The molecule has 3 rings (SSSR count). The van der Waals surface area contributed by atoms with Gasteiger partial charge in [-0.25, -0.2) is 18.7 Å². The van der Waals surface area contributed by atoms with Gasteiger partial charge in [-0.15, -0.1) is 0 Å². The van der Waals surface area contributed by atoms with E-state index in [2.05, 4.69) is 5.10 Å². The molecule has 0 saturated carbocycles. The van der Waals surface area contributed by atoms with Crippen LogP contribution in [0, 0.1) is 5.82 Å². The minimum Gasteiger partial charge on any atom is -0.460 e. The monoisotopic (exact) mass is 360 g/mol. The molecule has 0 saturated heterocycles. The lowest BCUT2D eigenvalue weighted by Crippen LogP contribution is -2.20. The number of hydrogen-bond acceptors (Lipinski definition) is 5. The van der Waals surface area contributed by atoms with Crippen molar-refractivity contribution in [3.8, 4) is 5.69 Å². The maximum atomic E-state index is 13.2. The number of benzene rings is 1. The van der Waals surface area contributed by atoms with Crippen LogP contribution < -0.4 is 0 Å². The molecule has 1 heterocycles. The number of halogens is 1. The predicted octanol–water partition coefficient (Wildman–Crippen LogP) is 3.00. The van der Waals surface area contributed by atoms with Gasteiger partial charge in [0.2, 0.25) is 0 Å². The summed E-state index contributed by atoms with van der Waals surface area (Å²) in [6.45, 7) is 3.00. The molecule has 0 atom stereocenters. The van der Waals surface area contributed by atoms with Gasteiger partial charge in [-0.2, -0.15) is 5.10 Å². The highest BCUT2D eigenvalue weighted by Gasteiger charge is 2.27. The summed E-state index contributed by atoms with van der Waals surface area (Å²) >= 11 is 0. The summed E-state index contributed by atoms with van der Waals surface area (Å²) in [5, 5.41) is 4.40. The molecule has 7 heteroatoms. The summed E-state index contributed by atoms with van der Waals surface area (Å²) < 4.78 is 24.9. The quantitative estimate of drug-likeness (QED) is 0.767. The predicted molar refractivity (Wildman–Crippen MR) is 91.7 cm³/mol. The Kier molecular flexibility index (Phi) is 5.35. The summed E-state index contributed by atoms with van der Waals surface area (Å²) in [7, 11) is 0. The second kappa shape index (κ2) is 7.68. The van der Waals surface area contributed by atoms with E-state index in [1.54, 1.807) is 30.7 Å². The van der Waals surface area contributed by atoms with Gasteiger partial charge in [-0.1, -0.05) is 0 Å². The van der Waals surface area contributed by atoms with Gasteiger partial charge in [-0.05, 0) is 63.8 Å². The van der Waals surface area contributed by atoms with Crippen LogP contribution in [-0.4, -0.2) is 34.4 Å². The van der Waals surface area contributed by atoms with Crippen LogP contribution in [0.5, 0.6) is 0 Å². The van der Waals surface area contributed by atoms with E-state index in [9.17, 15) is 14.0 Å². The Balaban J connectivity index is 1.84. The molecule has 1 aromatic carbocycles. The summed E-state index contributed by atoms with van der Waals surface area (Å²) in [5.41, 5.74) is 2.66. The van der Waals surface area contributed by atoms with Gasteiger partial charge in [0.15, 0.2) is 12.3 Å². The Morgan fingerprint density at radius 1 is 1.19 bits per heavy atom. The van der Waals surface area contributed by atoms with E-state index >= 15 is 0 Å². The van der Waals surface area contributed by atoms with Crippen molar-refractivity contribution >= 4 is 11.9 Å². The third-order valence-electron chi connectivity index (χ3n) is 4.13. The molecule has 0 fully saturated rings. The van der Waals surface area contributed by atoms with Crippen molar-refractivity contribution in [2.24, 2.45) is 0 Å². The van der Waals surface area contributed by atoms with E-state index in [0.717, 1.165) is 36.9 Å². The molecule has 6 nitrogen and oxygen atoms in total. The van der Waals surface area contributed by atoms with E-state index in [1.807, 2.05) is 0 Å². The molecule has 0 unspecified atom stereocenters. The van der Waals surface area contributed by atoms with Crippen molar-refractivity contribution in [1.82, 2.24) is 9.78 Å². The lowest BCUT2D eigenvalue weighted by molar-refractivity contribution is -0.151. The number of ether oxygens (including phenoxy) is 2. The normalized spacial score (nSPS) is 13.4. The fourth-order valence-corrected chi connectivity index (χ4v) is 3.05. The summed E-state index contributed by atoms with van der Waals surface area (Å²) in [6, 6.07) is 5.94. The number of esters is 2. The molecule has 0 spiro atoms. The van der Waals surface area contributed by atoms with E-state index in [-0.39, 0.29) is 17.6 Å². The standard InChI is InChI=1S/C19H21FN2O4/c1-12(2)26-17(23)11-25-19(24)18-15-5-3-4-6-16(15)22(21-18)14-9-7-13(20)8-10-14/h7-10,12H,3-6,11H2,1-2H3. The highest BCUT2D eigenvalue weighted by molar-refractivity contribution is 5.90. The average molecular weight is 360 g/mol. The first-order chi connectivity index (χ1) is 12.5. The molecule has 0 N–H and O–H groups in total. The van der Waals surface area contributed by atoms with Crippen molar-refractivity contribution in [2.45, 2.75) is 45.6 Å². The van der Waals surface area contributed by atoms with Gasteiger partial charge in [0.1, 0.15) is 5.82 Å². The second-order valence-corrected chi connectivity index (χ2v) is 6.48. The van der Waals surface area contributed by atoms with Crippen molar-refractivity contribution in [3.05, 3.63) is 47.0 Å². The fraction of sp³-hybridized carbons (Fsp3) is 0.421. The van der Waals surface area contributed by atoms with Gasteiger partial charge in [0.05, 0.1) is 11.8 Å². The number of aromatic nitrogens is 2. The molecule has 1 aliphatic rings. The molecule has 0 radical (unpaired) electrons. The molecule has 0 aliphatic heterocycles. The van der Waals surface area contributed by atoms with Crippen LogP contribution in [0.1, 0.15) is 48.4 Å². The van der Waals surface area contributed by atoms with E-state index in [0.29, 0.717) is 5.69 Å². The van der Waals surface area contributed by atoms with Crippen LogP contribution in [0.25, 0.3) is 5.69 Å². The van der Waals surface area contributed by atoms with Gasteiger partial charge < -0.3 is 9.47 Å². The molecular formula is C19H21FN2O4. The van der Waals surface area contributed by atoms with Crippen LogP contribution in [0.2, 0.25) is 0 Å². The maximum absolute atomic E-state index is 13.2. The number of carbonyl (C=O) groups is 2. The van der Waals surface area contributed by atoms with Gasteiger partial charge >= 0.3 is 11.9 Å². The highest BCUT2D eigenvalue weighted by Crippen LogP contribution is 2.27. The minimum atomic E-state index is -0.648. The number of carbonyl (C=O) groups excluding carboxylic acids is 2. The van der Waals surface area contributed by atoms with E-state index < -0.39 is 18.5 Å². The molecular weight excluding hydrogens is 339 g/mol. The van der Waals surface area contributed by atoms with Crippen LogP contribution in [0.4, 0.5) is 4.39 Å². The minimum absolute atomic E-state index is 0.210. The molecule has 0 amide bonds. The van der Waals surface area contributed by atoms with Gasteiger partial charge in [0, 0.05) is 11.3 Å². The molecule has 0 bridgehead atoms. The Labute approximate surface area is 150 Å². The second-order valence-electron chi connectivity index (χ2n) is 6.48. The topological polar surface area (TPSA) is 70.4 Å². The van der Waals surface area contributed by atoms with E-state index in [1.165, 1.54) is 12.1 Å². The number of fused-ring (bicyclic) bond motifs is 1. The molecule has 2 aromatic rings. The fourth-order valence-electron chi connectivity index (χ4n) is 3.05. The highest BCUT2D eigenvalue weighted by atomic mass is 19.1. The largest absolute Gasteiger partial charge is 0.460 e. The third kappa shape index (κ3) is 3.92. The number of nitrogens with zero attached hydrogens (tertiary/aromatic N) is 2. The number of rotatable bonds is 5. The Morgan fingerprint density at radius 3 is 2.58 bits per heavy atom. The summed E-state index contributed by atoms with van der Waals surface area (Å²) in [5.74, 6) is -1.58. The maximum Gasteiger partial charge on any atom is 0.359 e. The zero-order valence-electron chi connectivity index (χ0n) is 14.8. The first kappa shape index (κ1) is 18.1. The Morgan fingerprint density at radius 2 is 1.88 bits per heavy atom. The van der Waals surface area contributed by atoms with Crippen molar-refractivity contribution in [3.63, 3.8) is 0 Å². The summed E-state index contributed by atoms with van der Waals surface area (Å²) in [4.78, 5) is 24.0. The molecule has 26 heavy (non-hydrogen) atoms. The third-order valence-corrected chi connectivity index (χ3v) is 4.13. The van der Waals surface area contributed by atoms with Crippen LogP contribution in [-0.2, 0) is 27.1 Å². The zero-order chi connectivity index (χ0) is 18.7. The zero-order valence-corrected chi connectivity index (χ0v) is 14.8. The SMILES string of the molecule is CC(C)OC(=O)COC(=O)c1nn(-c2ccc(F)cc2)c2c1CCCC2. The molecule has 138 valence electrons. The average Bonchev–Trinajstić information content (AvgIpc) is 3.00.